The quantitative estimate of drug-likeness (QED) is 0.861. The van der Waals surface area contributed by atoms with Crippen molar-refractivity contribution in [2.24, 2.45) is 5.92 Å². The van der Waals surface area contributed by atoms with Crippen LogP contribution in [0.3, 0.4) is 0 Å². The summed E-state index contributed by atoms with van der Waals surface area (Å²) in [6.07, 6.45) is 2.31. The van der Waals surface area contributed by atoms with Crippen molar-refractivity contribution in [1.29, 1.82) is 0 Å². The largest absolute Gasteiger partial charge is 0.338 e. The summed E-state index contributed by atoms with van der Waals surface area (Å²) in [4.78, 5) is 14.3. The zero-order valence-electron chi connectivity index (χ0n) is 12.2. The van der Waals surface area contributed by atoms with Crippen molar-refractivity contribution >= 4 is 34.9 Å². The van der Waals surface area contributed by atoms with E-state index in [0.29, 0.717) is 28.2 Å². The predicted octanol–water partition coefficient (Wildman–Crippen LogP) is 3.85. The topological polar surface area (TPSA) is 44.4 Å². The number of nitrogens with one attached hydrogen (secondary N) is 2. The van der Waals surface area contributed by atoms with Gasteiger partial charge in [-0.15, -0.1) is 0 Å². The number of hydrogen-bond donors (Lipinski definition) is 2. The fourth-order valence-electron chi connectivity index (χ4n) is 2.60. The zero-order chi connectivity index (χ0) is 15.2. The van der Waals surface area contributed by atoms with Crippen molar-refractivity contribution in [3.8, 4) is 0 Å². The number of amides is 2. The first-order valence-corrected chi connectivity index (χ1v) is 8.06. The summed E-state index contributed by atoms with van der Waals surface area (Å²) < 4.78 is 0. The molecule has 1 unspecified atom stereocenters. The van der Waals surface area contributed by atoms with E-state index in [9.17, 15) is 4.79 Å². The third-order valence-electron chi connectivity index (χ3n) is 3.64. The van der Waals surface area contributed by atoms with E-state index < -0.39 is 0 Å². The van der Waals surface area contributed by atoms with Gasteiger partial charge in [-0.25, -0.2) is 4.79 Å². The minimum Gasteiger partial charge on any atom is -0.338 e. The summed E-state index contributed by atoms with van der Waals surface area (Å²) in [5.41, 5.74) is 0.528. The molecular weight excluding hydrogens is 309 g/mol. The molecule has 1 saturated heterocycles. The van der Waals surface area contributed by atoms with Crippen molar-refractivity contribution < 1.29 is 4.79 Å². The lowest BCUT2D eigenvalue weighted by atomic mass is 10.1. The molecule has 0 aromatic heterocycles. The Morgan fingerprint density at radius 2 is 2.24 bits per heavy atom. The highest BCUT2D eigenvalue weighted by Crippen LogP contribution is 2.25. The van der Waals surface area contributed by atoms with Crippen molar-refractivity contribution in [3.63, 3.8) is 0 Å². The van der Waals surface area contributed by atoms with E-state index in [4.69, 9.17) is 23.2 Å². The van der Waals surface area contributed by atoms with Gasteiger partial charge in [0.25, 0.3) is 0 Å². The molecule has 0 spiro atoms. The van der Waals surface area contributed by atoms with Crippen molar-refractivity contribution in [2.75, 3.05) is 31.5 Å². The minimum absolute atomic E-state index is 0.242. The molecule has 0 bridgehead atoms. The number of carbonyl (C=O) groups excluding carboxylic acids is 1. The first-order valence-electron chi connectivity index (χ1n) is 7.30. The highest BCUT2D eigenvalue weighted by Gasteiger charge is 2.22. The number of halogens is 2. The molecule has 1 aliphatic heterocycles. The van der Waals surface area contributed by atoms with Crippen LogP contribution in [0.5, 0.6) is 0 Å². The summed E-state index contributed by atoms with van der Waals surface area (Å²) >= 11 is 11.9. The normalized spacial score (nSPS) is 18.7. The third-order valence-corrected chi connectivity index (χ3v) is 4.20. The van der Waals surface area contributed by atoms with Crippen molar-refractivity contribution in [1.82, 2.24) is 10.2 Å². The Kier molecular flexibility index (Phi) is 6.15. The smallest absolute Gasteiger partial charge is 0.319 e. The van der Waals surface area contributed by atoms with Crippen molar-refractivity contribution in [3.05, 3.63) is 28.2 Å². The Labute approximate surface area is 135 Å². The van der Waals surface area contributed by atoms with Gasteiger partial charge < -0.3 is 15.5 Å². The van der Waals surface area contributed by atoms with Gasteiger partial charge >= 0.3 is 6.03 Å². The summed E-state index contributed by atoms with van der Waals surface area (Å²) in [6.45, 7) is 6.20. The minimum atomic E-state index is -0.242. The summed E-state index contributed by atoms with van der Waals surface area (Å²) in [6, 6.07) is 4.75. The second-order valence-electron chi connectivity index (χ2n) is 5.41. The number of hydrogen-bond acceptors (Lipinski definition) is 2. The molecule has 0 radical (unpaired) electrons. The van der Waals surface area contributed by atoms with Crippen LogP contribution in [-0.4, -0.2) is 37.1 Å². The summed E-state index contributed by atoms with van der Waals surface area (Å²) in [7, 11) is 0. The van der Waals surface area contributed by atoms with Gasteiger partial charge in [-0.2, -0.15) is 0 Å². The van der Waals surface area contributed by atoms with Crippen LogP contribution in [0, 0.1) is 5.92 Å². The Morgan fingerprint density at radius 3 is 3.00 bits per heavy atom. The predicted molar refractivity (Wildman–Crippen MR) is 88.3 cm³/mol. The molecule has 21 heavy (non-hydrogen) atoms. The Bertz CT molecular complexity index is 496. The Hall–Kier alpha value is -0.970. The third kappa shape index (κ3) is 5.06. The van der Waals surface area contributed by atoms with Gasteiger partial charge in [0.15, 0.2) is 0 Å². The fraction of sp³-hybridized carbons (Fsp3) is 0.533. The number of nitrogens with zero attached hydrogens (tertiary/aromatic N) is 1. The van der Waals surface area contributed by atoms with Crippen LogP contribution in [0.2, 0.25) is 10.0 Å². The maximum Gasteiger partial charge on any atom is 0.319 e. The monoisotopic (exact) mass is 329 g/mol. The molecule has 1 aromatic rings. The molecule has 1 fully saturated rings. The first kappa shape index (κ1) is 16.4. The first-order chi connectivity index (χ1) is 10.1. The van der Waals surface area contributed by atoms with Crippen molar-refractivity contribution in [2.45, 2.75) is 19.8 Å². The lowest BCUT2D eigenvalue weighted by Crippen LogP contribution is -2.34. The number of anilines is 1. The van der Waals surface area contributed by atoms with Crippen LogP contribution in [0.4, 0.5) is 10.5 Å². The molecule has 116 valence electrons. The molecule has 2 N–H and O–H groups in total. The van der Waals surface area contributed by atoms with Crippen LogP contribution in [0.25, 0.3) is 0 Å². The Morgan fingerprint density at radius 1 is 1.43 bits per heavy atom. The van der Waals surface area contributed by atoms with Gasteiger partial charge in [-0.3, -0.25) is 0 Å². The average Bonchev–Trinajstić information content (AvgIpc) is 2.89. The number of benzene rings is 1. The van der Waals surface area contributed by atoms with Gasteiger partial charge in [-0.1, -0.05) is 30.1 Å². The zero-order valence-corrected chi connectivity index (χ0v) is 13.7. The van der Waals surface area contributed by atoms with Gasteiger partial charge in [0.2, 0.25) is 0 Å². The van der Waals surface area contributed by atoms with E-state index in [1.165, 1.54) is 6.42 Å². The van der Waals surface area contributed by atoms with Crippen LogP contribution in [0.15, 0.2) is 18.2 Å². The molecule has 1 heterocycles. The average molecular weight is 330 g/mol. The van der Waals surface area contributed by atoms with Gasteiger partial charge in [0.1, 0.15) is 0 Å². The van der Waals surface area contributed by atoms with E-state index in [-0.39, 0.29) is 6.03 Å². The van der Waals surface area contributed by atoms with E-state index >= 15 is 0 Å². The maximum atomic E-state index is 11.9. The van der Waals surface area contributed by atoms with Gasteiger partial charge in [0.05, 0.1) is 10.7 Å². The second-order valence-corrected chi connectivity index (χ2v) is 6.26. The number of urea groups is 1. The van der Waals surface area contributed by atoms with E-state index in [1.54, 1.807) is 18.2 Å². The van der Waals surface area contributed by atoms with Crippen LogP contribution < -0.4 is 10.6 Å². The Balaban J connectivity index is 1.76. The lowest BCUT2D eigenvalue weighted by Gasteiger charge is -2.15. The van der Waals surface area contributed by atoms with E-state index in [0.717, 1.165) is 26.1 Å². The van der Waals surface area contributed by atoms with E-state index in [1.807, 2.05) is 0 Å². The molecule has 1 atom stereocenters. The molecule has 1 aromatic carbocycles. The summed E-state index contributed by atoms with van der Waals surface area (Å²) in [5, 5.41) is 6.65. The number of likely N-dealkylation sites (tertiary alicyclic amines) is 1. The highest BCUT2D eigenvalue weighted by atomic mass is 35.5. The standard InChI is InChI=1S/C15H21Cl2N3O/c1-2-6-20-7-5-11(10-20)9-18-15(21)19-14-8-12(16)3-4-13(14)17/h3-4,8,11H,2,5-7,9-10H2,1H3,(H2,18,19,21). The van der Waals surface area contributed by atoms with E-state index in [2.05, 4.69) is 22.5 Å². The second kappa shape index (κ2) is 7.87. The molecule has 4 nitrogen and oxygen atoms in total. The number of carbonyl (C=O) groups is 1. The van der Waals surface area contributed by atoms with Gasteiger partial charge in [-0.05, 0) is 50.0 Å². The fourth-order valence-corrected chi connectivity index (χ4v) is 2.93. The molecule has 2 amide bonds. The maximum absolute atomic E-state index is 11.9. The number of rotatable bonds is 5. The van der Waals surface area contributed by atoms with Crippen LogP contribution in [0.1, 0.15) is 19.8 Å². The molecule has 1 aliphatic rings. The van der Waals surface area contributed by atoms with Crippen LogP contribution >= 0.6 is 23.2 Å². The molecule has 6 heteroatoms. The van der Waals surface area contributed by atoms with Crippen LogP contribution in [-0.2, 0) is 0 Å². The molecule has 0 aliphatic carbocycles. The van der Waals surface area contributed by atoms with Gasteiger partial charge in [0, 0.05) is 18.1 Å². The highest BCUT2D eigenvalue weighted by molar-refractivity contribution is 6.35. The SMILES string of the molecule is CCCN1CCC(CNC(=O)Nc2cc(Cl)ccc2Cl)C1. The molecule has 2 rings (SSSR count). The molecule has 0 saturated carbocycles. The molecular formula is C15H21Cl2N3O. The summed E-state index contributed by atoms with van der Waals surface area (Å²) in [5.74, 6) is 0.525. The lowest BCUT2D eigenvalue weighted by molar-refractivity contribution is 0.249.